The molecule has 0 N–H and O–H groups in total. The summed E-state index contributed by atoms with van der Waals surface area (Å²) in [7, 11) is 5.84. The molecule has 0 bridgehead atoms. The summed E-state index contributed by atoms with van der Waals surface area (Å²) in [6.45, 7) is 4.19. The van der Waals surface area contributed by atoms with Gasteiger partial charge in [0.05, 0.1) is 7.85 Å². The molecule has 1 aromatic rings. The SMILES string of the molecule is [B]C(CC)c1ccc(C)cc1. The van der Waals surface area contributed by atoms with E-state index in [1.807, 2.05) is 0 Å². The van der Waals surface area contributed by atoms with E-state index in [-0.39, 0.29) is 5.82 Å². The first-order chi connectivity index (χ1) is 5.24. The smallest absolute Gasteiger partial charge is 0.0655 e. The Labute approximate surface area is 70.0 Å². The predicted octanol–water partition coefficient (Wildman–Crippen LogP) is 2.61. The Morgan fingerprint density at radius 1 is 1.27 bits per heavy atom. The first kappa shape index (κ1) is 8.38. The van der Waals surface area contributed by atoms with Crippen molar-refractivity contribution in [3.63, 3.8) is 0 Å². The third kappa shape index (κ3) is 2.11. The fourth-order valence-electron chi connectivity index (χ4n) is 1.05. The summed E-state index contributed by atoms with van der Waals surface area (Å²) in [6, 6.07) is 8.41. The lowest BCUT2D eigenvalue weighted by Gasteiger charge is -2.08. The van der Waals surface area contributed by atoms with Crippen LogP contribution >= 0.6 is 0 Å². The zero-order valence-corrected chi connectivity index (χ0v) is 7.17. The molecule has 1 atom stereocenters. The summed E-state index contributed by atoms with van der Waals surface area (Å²) in [6.07, 6.45) is 1.00. The Morgan fingerprint density at radius 2 is 1.82 bits per heavy atom. The molecule has 0 fully saturated rings. The third-order valence-corrected chi connectivity index (χ3v) is 1.95. The summed E-state index contributed by atoms with van der Waals surface area (Å²) < 4.78 is 0. The van der Waals surface area contributed by atoms with Gasteiger partial charge >= 0.3 is 0 Å². The Balaban J connectivity index is 2.81. The molecule has 0 heterocycles. The van der Waals surface area contributed by atoms with Crippen LogP contribution in [0.5, 0.6) is 0 Å². The average molecular weight is 144 g/mol. The van der Waals surface area contributed by atoms with Gasteiger partial charge in [-0.3, -0.25) is 0 Å². The maximum absolute atomic E-state index is 5.84. The molecule has 0 aliphatic carbocycles. The van der Waals surface area contributed by atoms with Crippen LogP contribution in [0.2, 0.25) is 0 Å². The summed E-state index contributed by atoms with van der Waals surface area (Å²) in [5, 5.41) is 0. The summed E-state index contributed by atoms with van der Waals surface area (Å²) in [5.74, 6) is 0.204. The van der Waals surface area contributed by atoms with Gasteiger partial charge in [-0.1, -0.05) is 54.6 Å². The third-order valence-electron chi connectivity index (χ3n) is 1.95. The van der Waals surface area contributed by atoms with Gasteiger partial charge in [0.25, 0.3) is 0 Å². The molecule has 0 spiro atoms. The number of aryl methyl sites for hydroxylation is 1. The zero-order chi connectivity index (χ0) is 8.27. The second-order valence-electron chi connectivity index (χ2n) is 2.93. The first-order valence-electron chi connectivity index (χ1n) is 4.06. The Bertz CT molecular complexity index is 213. The molecule has 0 amide bonds. The van der Waals surface area contributed by atoms with Gasteiger partial charge in [-0.2, -0.15) is 0 Å². The molecule has 0 saturated carbocycles. The number of benzene rings is 1. The maximum Gasteiger partial charge on any atom is 0.0763 e. The van der Waals surface area contributed by atoms with Crippen molar-refractivity contribution in [2.75, 3.05) is 0 Å². The molecule has 1 rings (SSSR count). The molecule has 2 radical (unpaired) electrons. The molecule has 11 heavy (non-hydrogen) atoms. The minimum absolute atomic E-state index is 0.204. The minimum Gasteiger partial charge on any atom is -0.0655 e. The predicted molar refractivity (Wildman–Crippen MR) is 50.0 cm³/mol. The highest BCUT2D eigenvalue weighted by Crippen LogP contribution is 2.15. The van der Waals surface area contributed by atoms with Gasteiger partial charge in [-0.15, -0.1) is 0 Å². The van der Waals surface area contributed by atoms with E-state index in [0.717, 1.165) is 6.42 Å². The van der Waals surface area contributed by atoms with Crippen LogP contribution in [0.1, 0.15) is 30.3 Å². The van der Waals surface area contributed by atoms with E-state index < -0.39 is 0 Å². The van der Waals surface area contributed by atoms with Crippen molar-refractivity contribution < 1.29 is 0 Å². The quantitative estimate of drug-likeness (QED) is 0.559. The van der Waals surface area contributed by atoms with Crippen molar-refractivity contribution in [1.29, 1.82) is 0 Å². The van der Waals surface area contributed by atoms with Gasteiger partial charge in [0, 0.05) is 0 Å². The summed E-state index contributed by atoms with van der Waals surface area (Å²) in [5.41, 5.74) is 2.52. The Kier molecular flexibility index (Phi) is 2.75. The van der Waals surface area contributed by atoms with Crippen LogP contribution < -0.4 is 0 Å². The molecule has 0 nitrogen and oxygen atoms in total. The molecule has 1 heteroatoms. The van der Waals surface area contributed by atoms with Gasteiger partial charge in [-0.25, -0.2) is 0 Å². The Morgan fingerprint density at radius 3 is 2.27 bits per heavy atom. The van der Waals surface area contributed by atoms with Crippen molar-refractivity contribution in [2.45, 2.75) is 26.1 Å². The minimum atomic E-state index is 0.204. The fourth-order valence-corrected chi connectivity index (χ4v) is 1.05. The molecule has 0 aromatic heterocycles. The second kappa shape index (κ2) is 3.61. The van der Waals surface area contributed by atoms with Crippen LogP contribution in [-0.2, 0) is 0 Å². The summed E-state index contributed by atoms with van der Waals surface area (Å²) in [4.78, 5) is 0. The average Bonchev–Trinajstić information content (AvgIpc) is 2.05. The largest absolute Gasteiger partial charge is 0.0763 e. The van der Waals surface area contributed by atoms with Crippen LogP contribution in [0, 0.1) is 6.92 Å². The van der Waals surface area contributed by atoms with E-state index >= 15 is 0 Å². The molecule has 0 saturated heterocycles. The van der Waals surface area contributed by atoms with E-state index in [1.54, 1.807) is 0 Å². The number of hydrogen-bond donors (Lipinski definition) is 0. The highest BCUT2D eigenvalue weighted by molar-refractivity contribution is 6.12. The van der Waals surface area contributed by atoms with Crippen molar-refractivity contribution in [3.8, 4) is 0 Å². The van der Waals surface area contributed by atoms with Crippen LogP contribution in [-0.4, -0.2) is 7.85 Å². The summed E-state index contributed by atoms with van der Waals surface area (Å²) >= 11 is 0. The number of rotatable bonds is 2. The van der Waals surface area contributed by atoms with Crippen LogP contribution in [0.3, 0.4) is 0 Å². The highest BCUT2D eigenvalue weighted by Gasteiger charge is 1.99. The van der Waals surface area contributed by atoms with E-state index in [9.17, 15) is 0 Å². The highest BCUT2D eigenvalue weighted by atomic mass is 14.0. The topological polar surface area (TPSA) is 0 Å². The van der Waals surface area contributed by atoms with Crippen LogP contribution in [0.15, 0.2) is 24.3 Å². The molecule has 0 aliphatic heterocycles. The zero-order valence-electron chi connectivity index (χ0n) is 7.17. The maximum atomic E-state index is 5.84. The lowest BCUT2D eigenvalue weighted by molar-refractivity contribution is 0.882. The van der Waals surface area contributed by atoms with E-state index in [0.29, 0.717) is 0 Å². The monoisotopic (exact) mass is 144 g/mol. The molecule has 1 aromatic carbocycles. The molecular formula is C10H13B. The standard InChI is InChI=1S/C10H13B/c1-3-10(11)9-6-4-8(2)5-7-9/h4-7,10H,3H2,1-2H3. The van der Waals surface area contributed by atoms with Gasteiger partial charge in [0.2, 0.25) is 0 Å². The van der Waals surface area contributed by atoms with Crippen molar-refractivity contribution in [3.05, 3.63) is 35.4 Å². The molecule has 56 valence electrons. The van der Waals surface area contributed by atoms with Gasteiger partial charge in [0.15, 0.2) is 0 Å². The van der Waals surface area contributed by atoms with Crippen molar-refractivity contribution in [2.24, 2.45) is 0 Å². The van der Waals surface area contributed by atoms with Crippen molar-refractivity contribution >= 4 is 7.85 Å². The van der Waals surface area contributed by atoms with E-state index in [2.05, 4.69) is 38.1 Å². The fraction of sp³-hybridized carbons (Fsp3) is 0.400. The lowest BCUT2D eigenvalue weighted by Crippen LogP contribution is -1.95. The van der Waals surface area contributed by atoms with Gasteiger partial charge < -0.3 is 0 Å². The van der Waals surface area contributed by atoms with Crippen molar-refractivity contribution in [1.82, 2.24) is 0 Å². The van der Waals surface area contributed by atoms with Gasteiger partial charge in [-0.05, 0) is 6.92 Å². The molecule has 1 unspecified atom stereocenters. The molecule has 0 aliphatic rings. The van der Waals surface area contributed by atoms with Crippen LogP contribution in [0.25, 0.3) is 0 Å². The number of hydrogen-bond acceptors (Lipinski definition) is 0. The normalized spacial score (nSPS) is 12.9. The molecular weight excluding hydrogens is 131 g/mol. The van der Waals surface area contributed by atoms with E-state index in [1.165, 1.54) is 11.1 Å². The lowest BCUT2D eigenvalue weighted by atomic mass is 9.79. The van der Waals surface area contributed by atoms with E-state index in [4.69, 9.17) is 7.85 Å². The second-order valence-corrected chi connectivity index (χ2v) is 2.93. The first-order valence-corrected chi connectivity index (χ1v) is 4.06. The van der Waals surface area contributed by atoms with Crippen LogP contribution in [0.4, 0.5) is 0 Å². The Hall–Kier alpha value is -0.715. The van der Waals surface area contributed by atoms with Gasteiger partial charge in [0.1, 0.15) is 0 Å².